The Morgan fingerprint density at radius 3 is 2.70 bits per heavy atom. The number of fused-ring (bicyclic) bond motifs is 1. The fourth-order valence-electron chi connectivity index (χ4n) is 3.01. The molecule has 0 spiro atoms. The smallest absolute Gasteiger partial charge is 0.282 e. The van der Waals surface area contributed by atoms with Gasteiger partial charge in [-0.2, -0.15) is 0 Å². The van der Waals surface area contributed by atoms with Crippen molar-refractivity contribution < 1.29 is 14.5 Å². The first kappa shape index (κ1) is 17.5. The first-order chi connectivity index (χ1) is 11.0. The Kier molecular flexibility index (Phi) is 6.16. The van der Waals surface area contributed by atoms with Gasteiger partial charge in [0, 0.05) is 18.3 Å². The zero-order chi connectivity index (χ0) is 16.8. The van der Waals surface area contributed by atoms with Crippen LogP contribution in [0.5, 0.6) is 0 Å². The Bertz CT molecular complexity index is 557. The minimum Gasteiger partial charge on any atom is -0.349 e. The van der Waals surface area contributed by atoms with E-state index in [1.807, 2.05) is 43.9 Å². The number of carbonyl (C=O) groups excluding carboxylic acids is 2. The van der Waals surface area contributed by atoms with Gasteiger partial charge in [0.2, 0.25) is 0 Å². The van der Waals surface area contributed by atoms with E-state index in [2.05, 4.69) is 11.4 Å². The van der Waals surface area contributed by atoms with Crippen LogP contribution in [0.2, 0.25) is 0 Å². The van der Waals surface area contributed by atoms with Crippen LogP contribution >= 0.6 is 0 Å². The number of anilines is 1. The number of hydrogen-bond acceptors (Lipinski definition) is 2. The summed E-state index contributed by atoms with van der Waals surface area (Å²) in [4.78, 5) is 27.5. The molecule has 0 aromatic heterocycles. The summed E-state index contributed by atoms with van der Waals surface area (Å²) in [5.74, 6) is 0.107. The second kappa shape index (κ2) is 8.11. The van der Waals surface area contributed by atoms with Crippen molar-refractivity contribution in [2.24, 2.45) is 0 Å². The second-order valence-corrected chi connectivity index (χ2v) is 6.46. The number of benzene rings is 1. The third kappa shape index (κ3) is 4.79. The number of aryl methyl sites for hydroxylation is 1. The molecule has 1 aliphatic heterocycles. The van der Waals surface area contributed by atoms with Crippen LogP contribution in [0.15, 0.2) is 24.3 Å². The van der Waals surface area contributed by atoms with Gasteiger partial charge in [0.05, 0.1) is 6.54 Å². The number of rotatable bonds is 6. The number of nitrogens with zero attached hydrogens (tertiary/aromatic N) is 1. The largest absolute Gasteiger partial charge is 0.349 e. The van der Waals surface area contributed by atoms with Gasteiger partial charge < -0.3 is 15.1 Å². The Hall–Kier alpha value is -1.88. The Labute approximate surface area is 138 Å². The molecule has 1 aromatic rings. The van der Waals surface area contributed by atoms with E-state index >= 15 is 0 Å². The summed E-state index contributed by atoms with van der Waals surface area (Å²) in [6.45, 7) is 8.12. The molecule has 1 unspecified atom stereocenters. The van der Waals surface area contributed by atoms with E-state index in [0.29, 0.717) is 13.1 Å². The van der Waals surface area contributed by atoms with Crippen molar-refractivity contribution in [1.82, 2.24) is 5.32 Å². The molecule has 0 saturated heterocycles. The van der Waals surface area contributed by atoms with Crippen LogP contribution in [0.4, 0.5) is 5.69 Å². The lowest BCUT2D eigenvalue weighted by Crippen LogP contribution is -3.14. The van der Waals surface area contributed by atoms with Crippen molar-refractivity contribution in [3.05, 3.63) is 29.8 Å². The average Bonchev–Trinajstić information content (AvgIpc) is 2.52. The standard InChI is InChI=1S/C18H27N3O2/c1-4-20(12-17(22)19-14(2)3)13-18(23)21-11-7-9-15-8-5-6-10-16(15)21/h5-6,8,10,14H,4,7,9,11-13H2,1-3H3,(H,19,22)/p+1. The molecule has 126 valence electrons. The number of amides is 2. The summed E-state index contributed by atoms with van der Waals surface area (Å²) >= 11 is 0. The highest BCUT2D eigenvalue weighted by atomic mass is 16.2. The molecule has 0 fully saturated rings. The number of nitrogens with one attached hydrogen (secondary N) is 2. The molecule has 23 heavy (non-hydrogen) atoms. The van der Waals surface area contributed by atoms with Crippen molar-refractivity contribution in [3.8, 4) is 0 Å². The number of likely N-dealkylation sites (N-methyl/N-ethyl adjacent to an activating group) is 1. The molecule has 0 saturated carbocycles. The predicted octanol–water partition coefficient (Wildman–Crippen LogP) is 0.395. The van der Waals surface area contributed by atoms with Gasteiger partial charge in [-0.15, -0.1) is 0 Å². The van der Waals surface area contributed by atoms with Crippen molar-refractivity contribution >= 4 is 17.5 Å². The first-order valence-electron chi connectivity index (χ1n) is 8.52. The fourth-order valence-corrected chi connectivity index (χ4v) is 3.01. The molecule has 1 aromatic carbocycles. The summed E-state index contributed by atoms with van der Waals surface area (Å²) in [7, 11) is 0. The number of hydrogen-bond donors (Lipinski definition) is 2. The third-order valence-corrected chi connectivity index (χ3v) is 4.17. The summed E-state index contributed by atoms with van der Waals surface area (Å²) in [5, 5.41) is 2.89. The molecule has 1 heterocycles. The van der Waals surface area contributed by atoms with Crippen LogP contribution in [0.3, 0.4) is 0 Å². The van der Waals surface area contributed by atoms with Crippen LogP contribution in [0.25, 0.3) is 0 Å². The fraction of sp³-hybridized carbons (Fsp3) is 0.556. The zero-order valence-corrected chi connectivity index (χ0v) is 14.4. The van der Waals surface area contributed by atoms with Crippen LogP contribution in [-0.2, 0) is 16.0 Å². The number of quaternary nitrogens is 1. The van der Waals surface area contributed by atoms with Crippen molar-refractivity contribution in [2.75, 3.05) is 31.1 Å². The maximum atomic E-state index is 12.7. The lowest BCUT2D eigenvalue weighted by Gasteiger charge is -2.30. The zero-order valence-electron chi connectivity index (χ0n) is 14.4. The van der Waals surface area contributed by atoms with Gasteiger partial charge in [-0.3, -0.25) is 9.59 Å². The Balaban J connectivity index is 1.99. The van der Waals surface area contributed by atoms with Gasteiger partial charge in [0.25, 0.3) is 11.8 Å². The Morgan fingerprint density at radius 2 is 2.00 bits per heavy atom. The van der Waals surface area contributed by atoms with E-state index in [-0.39, 0.29) is 17.9 Å². The average molecular weight is 318 g/mol. The molecule has 1 atom stereocenters. The maximum Gasteiger partial charge on any atom is 0.282 e. The third-order valence-electron chi connectivity index (χ3n) is 4.17. The monoisotopic (exact) mass is 318 g/mol. The topological polar surface area (TPSA) is 53.9 Å². The molecular weight excluding hydrogens is 290 g/mol. The molecule has 5 heteroatoms. The van der Waals surface area contributed by atoms with Gasteiger partial charge in [-0.1, -0.05) is 18.2 Å². The predicted molar refractivity (Wildman–Crippen MR) is 91.6 cm³/mol. The van der Waals surface area contributed by atoms with Gasteiger partial charge in [0.1, 0.15) is 0 Å². The lowest BCUT2D eigenvalue weighted by molar-refractivity contribution is -0.881. The van der Waals surface area contributed by atoms with E-state index in [0.717, 1.165) is 36.5 Å². The number of carbonyl (C=O) groups is 2. The molecule has 2 N–H and O–H groups in total. The summed E-state index contributed by atoms with van der Waals surface area (Å²) in [6, 6.07) is 8.24. The highest BCUT2D eigenvalue weighted by molar-refractivity contribution is 5.95. The van der Waals surface area contributed by atoms with Gasteiger partial charge in [-0.05, 0) is 45.2 Å². The normalized spacial score (nSPS) is 15.2. The minimum absolute atomic E-state index is 0.00342. The SMILES string of the molecule is CC[NH+](CC(=O)NC(C)C)CC(=O)N1CCCc2ccccc21. The molecular formula is C18H28N3O2+. The molecule has 0 aliphatic carbocycles. The molecule has 0 bridgehead atoms. The van der Waals surface area contributed by atoms with E-state index < -0.39 is 0 Å². The lowest BCUT2D eigenvalue weighted by atomic mass is 10.0. The minimum atomic E-state index is 0.00342. The van der Waals surface area contributed by atoms with Crippen LogP contribution in [0.1, 0.15) is 32.8 Å². The van der Waals surface area contributed by atoms with E-state index in [9.17, 15) is 9.59 Å². The molecule has 0 radical (unpaired) electrons. The van der Waals surface area contributed by atoms with Gasteiger partial charge in [-0.25, -0.2) is 0 Å². The van der Waals surface area contributed by atoms with Gasteiger partial charge >= 0.3 is 0 Å². The molecule has 2 amide bonds. The number of para-hydroxylation sites is 1. The molecule has 1 aliphatic rings. The van der Waals surface area contributed by atoms with Crippen LogP contribution in [0, 0.1) is 0 Å². The second-order valence-electron chi connectivity index (χ2n) is 6.46. The molecule has 5 nitrogen and oxygen atoms in total. The van der Waals surface area contributed by atoms with Crippen molar-refractivity contribution in [1.29, 1.82) is 0 Å². The molecule has 2 rings (SSSR count). The highest BCUT2D eigenvalue weighted by Gasteiger charge is 2.26. The van der Waals surface area contributed by atoms with Crippen LogP contribution in [-0.4, -0.2) is 44.0 Å². The first-order valence-corrected chi connectivity index (χ1v) is 8.52. The summed E-state index contributed by atoms with van der Waals surface area (Å²) in [6.07, 6.45) is 2.03. The maximum absolute atomic E-state index is 12.7. The van der Waals surface area contributed by atoms with E-state index in [4.69, 9.17) is 0 Å². The van der Waals surface area contributed by atoms with Crippen molar-refractivity contribution in [3.63, 3.8) is 0 Å². The van der Waals surface area contributed by atoms with E-state index in [1.165, 1.54) is 5.56 Å². The van der Waals surface area contributed by atoms with Crippen LogP contribution < -0.4 is 15.1 Å². The highest BCUT2D eigenvalue weighted by Crippen LogP contribution is 2.26. The summed E-state index contributed by atoms with van der Waals surface area (Å²) in [5.41, 5.74) is 2.27. The van der Waals surface area contributed by atoms with E-state index in [1.54, 1.807) is 0 Å². The quantitative estimate of drug-likeness (QED) is 0.797. The van der Waals surface area contributed by atoms with Crippen molar-refractivity contribution in [2.45, 2.75) is 39.7 Å². The summed E-state index contributed by atoms with van der Waals surface area (Å²) < 4.78 is 0. The Morgan fingerprint density at radius 1 is 1.26 bits per heavy atom. The van der Waals surface area contributed by atoms with Gasteiger partial charge in [0.15, 0.2) is 13.1 Å².